The third kappa shape index (κ3) is 2.76. The maximum atomic E-state index is 13.7. The van der Waals surface area contributed by atoms with E-state index in [1.54, 1.807) is 11.9 Å². The number of hydrogen-bond acceptors (Lipinski definition) is 5. The Labute approximate surface area is 174 Å². The van der Waals surface area contributed by atoms with E-state index in [-0.39, 0.29) is 17.7 Å². The van der Waals surface area contributed by atoms with Crippen molar-refractivity contribution in [2.24, 2.45) is 5.92 Å². The Balaban J connectivity index is 2.14. The van der Waals surface area contributed by atoms with Gasteiger partial charge in [-0.3, -0.25) is 9.59 Å². The number of piperazine rings is 1. The second-order valence-corrected chi connectivity index (χ2v) is 9.19. The number of thioether (sulfide) groups is 2. The molecule has 0 bridgehead atoms. The molecule has 28 heavy (non-hydrogen) atoms. The van der Waals surface area contributed by atoms with E-state index >= 15 is 0 Å². The molecule has 2 heterocycles. The number of benzene rings is 1. The minimum absolute atomic E-state index is 0.0628. The Bertz CT molecular complexity index is 900. The standard InChI is InChI=1S/C20H27N3O3S2/c1-12(2)20(28-6)17(24)22-19(26-4,18(25)23(20)3)16(27-5)14-11-21-15-10-8-7-9-13(14)15/h7-12,16,21H,1-6H3,(H,22,24)/t16-,19-,20+/m1/s1. The first kappa shape index (κ1) is 21.1. The van der Waals surface area contributed by atoms with E-state index in [1.807, 2.05) is 56.8 Å². The van der Waals surface area contributed by atoms with Crippen LogP contribution < -0.4 is 5.32 Å². The van der Waals surface area contributed by atoms with Crippen LogP contribution in [0.25, 0.3) is 10.9 Å². The normalized spacial score (nSPS) is 26.8. The topological polar surface area (TPSA) is 74.4 Å². The number of ether oxygens (including phenoxy) is 1. The molecule has 1 saturated heterocycles. The van der Waals surface area contributed by atoms with E-state index < -0.39 is 15.8 Å². The maximum absolute atomic E-state index is 13.7. The van der Waals surface area contributed by atoms with Gasteiger partial charge in [0, 0.05) is 31.3 Å². The van der Waals surface area contributed by atoms with Crippen molar-refractivity contribution in [2.45, 2.75) is 29.7 Å². The van der Waals surface area contributed by atoms with Crippen LogP contribution in [0.1, 0.15) is 24.7 Å². The number of carbonyl (C=O) groups excluding carboxylic acids is 2. The first-order valence-corrected chi connectivity index (χ1v) is 11.6. The predicted octanol–water partition coefficient (Wildman–Crippen LogP) is 3.22. The molecule has 1 aliphatic rings. The molecule has 1 aliphatic heterocycles. The molecule has 0 radical (unpaired) electrons. The second-order valence-electron chi connectivity index (χ2n) is 7.22. The number of aromatic amines is 1. The molecule has 2 N–H and O–H groups in total. The van der Waals surface area contributed by atoms with Crippen LogP contribution in [0.5, 0.6) is 0 Å². The van der Waals surface area contributed by atoms with Crippen LogP contribution in [-0.4, -0.2) is 59.0 Å². The van der Waals surface area contributed by atoms with Crippen LogP contribution >= 0.6 is 23.5 Å². The number of methoxy groups -OCH3 is 1. The minimum Gasteiger partial charge on any atom is -0.361 e. The Morgan fingerprint density at radius 1 is 1.18 bits per heavy atom. The lowest BCUT2D eigenvalue weighted by Gasteiger charge is -2.53. The summed E-state index contributed by atoms with van der Waals surface area (Å²) in [5.41, 5.74) is 0.421. The highest BCUT2D eigenvalue weighted by Crippen LogP contribution is 2.47. The van der Waals surface area contributed by atoms with E-state index in [0.29, 0.717) is 0 Å². The van der Waals surface area contributed by atoms with Gasteiger partial charge >= 0.3 is 0 Å². The molecule has 1 aromatic heterocycles. The summed E-state index contributed by atoms with van der Waals surface area (Å²) in [5.74, 6) is -0.521. The lowest BCUT2D eigenvalue weighted by molar-refractivity contribution is -0.179. The molecule has 0 saturated carbocycles. The van der Waals surface area contributed by atoms with Gasteiger partial charge in [-0.2, -0.15) is 11.8 Å². The number of hydrogen-bond donors (Lipinski definition) is 2. The third-order valence-electron chi connectivity index (χ3n) is 5.67. The van der Waals surface area contributed by atoms with Gasteiger partial charge in [0.05, 0.1) is 5.25 Å². The number of aromatic nitrogens is 1. The number of likely N-dealkylation sites (N-methyl/N-ethyl adjacent to an activating group) is 1. The average Bonchev–Trinajstić information content (AvgIpc) is 3.10. The zero-order valence-electron chi connectivity index (χ0n) is 17.0. The molecular formula is C20H27N3O3S2. The fourth-order valence-corrected chi connectivity index (χ4v) is 6.33. The summed E-state index contributed by atoms with van der Waals surface area (Å²) in [6.45, 7) is 3.90. The first-order valence-electron chi connectivity index (χ1n) is 9.10. The van der Waals surface area contributed by atoms with Crippen molar-refractivity contribution in [2.75, 3.05) is 26.7 Å². The van der Waals surface area contributed by atoms with Gasteiger partial charge in [-0.05, 0) is 30.1 Å². The fourth-order valence-electron chi connectivity index (χ4n) is 4.22. The summed E-state index contributed by atoms with van der Waals surface area (Å²) in [5, 5.41) is 3.57. The van der Waals surface area contributed by atoms with Gasteiger partial charge in [0.2, 0.25) is 5.72 Å². The highest BCUT2D eigenvalue weighted by molar-refractivity contribution is 8.00. The molecule has 2 aromatic rings. The smallest absolute Gasteiger partial charge is 0.278 e. The largest absolute Gasteiger partial charge is 0.361 e. The predicted molar refractivity (Wildman–Crippen MR) is 116 cm³/mol. The molecule has 3 atom stereocenters. The number of para-hydroxylation sites is 1. The highest BCUT2D eigenvalue weighted by Gasteiger charge is 2.62. The monoisotopic (exact) mass is 421 g/mol. The molecule has 152 valence electrons. The summed E-state index contributed by atoms with van der Waals surface area (Å²) in [6.07, 6.45) is 5.67. The van der Waals surface area contributed by atoms with Crippen molar-refractivity contribution in [3.05, 3.63) is 36.0 Å². The van der Waals surface area contributed by atoms with Gasteiger partial charge in [-0.15, -0.1) is 11.8 Å². The third-order valence-corrected chi connectivity index (χ3v) is 8.28. The summed E-state index contributed by atoms with van der Waals surface area (Å²) in [4.78, 5) is 30.9. The SMILES string of the molecule is CO[C@@]1([C@H](SC)c2c[nH]c3ccccc23)NC(=O)[C@@](SC)(C(C)C)N(C)C1=O. The summed E-state index contributed by atoms with van der Waals surface area (Å²) in [7, 11) is 3.17. The lowest BCUT2D eigenvalue weighted by Crippen LogP contribution is -2.77. The Morgan fingerprint density at radius 2 is 1.86 bits per heavy atom. The number of nitrogens with one attached hydrogen (secondary N) is 2. The molecule has 0 spiro atoms. The van der Waals surface area contributed by atoms with Gasteiger partial charge in [-0.25, -0.2) is 0 Å². The summed E-state index contributed by atoms with van der Waals surface area (Å²) in [6, 6.07) is 7.91. The van der Waals surface area contributed by atoms with Crippen molar-refractivity contribution in [3.63, 3.8) is 0 Å². The number of amides is 2. The van der Waals surface area contributed by atoms with E-state index in [0.717, 1.165) is 16.5 Å². The quantitative estimate of drug-likeness (QED) is 0.749. The highest BCUT2D eigenvalue weighted by atomic mass is 32.2. The van der Waals surface area contributed by atoms with Gasteiger partial charge < -0.3 is 19.9 Å². The number of carbonyl (C=O) groups is 2. The van der Waals surface area contributed by atoms with Crippen LogP contribution in [-0.2, 0) is 14.3 Å². The van der Waals surface area contributed by atoms with Crippen LogP contribution in [0.15, 0.2) is 30.5 Å². The summed E-state index contributed by atoms with van der Waals surface area (Å²) < 4.78 is 5.81. The van der Waals surface area contributed by atoms with E-state index in [9.17, 15) is 9.59 Å². The molecule has 3 rings (SSSR count). The zero-order valence-corrected chi connectivity index (χ0v) is 18.7. The Kier molecular flexibility index (Phi) is 5.76. The van der Waals surface area contributed by atoms with Crippen molar-refractivity contribution >= 4 is 46.2 Å². The molecule has 2 amide bonds. The summed E-state index contributed by atoms with van der Waals surface area (Å²) >= 11 is 2.86. The van der Waals surface area contributed by atoms with Crippen LogP contribution in [0.2, 0.25) is 0 Å². The van der Waals surface area contributed by atoms with Crippen LogP contribution in [0, 0.1) is 5.92 Å². The molecule has 0 unspecified atom stereocenters. The minimum atomic E-state index is -1.48. The van der Waals surface area contributed by atoms with Crippen molar-refractivity contribution in [1.29, 1.82) is 0 Å². The molecule has 6 nitrogen and oxygen atoms in total. The molecule has 0 aliphatic carbocycles. The van der Waals surface area contributed by atoms with Gasteiger partial charge in [-0.1, -0.05) is 32.0 Å². The molecule has 1 fully saturated rings. The molecular weight excluding hydrogens is 394 g/mol. The number of rotatable bonds is 6. The van der Waals surface area contributed by atoms with E-state index in [1.165, 1.54) is 30.6 Å². The first-order chi connectivity index (χ1) is 13.3. The Hall–Kier alpha value is -1.64. The number of H-pyrrole nitrogens is 1. The molecule has 8 heteroatoms. The van der Waals surface area contributed by atoms with Gasteiger partial charge in [0.25, 0.3) is 11.8 Å². The lowest BCUT2D eigenvalue weighted by atomic mass is 9.91. The second kappa shape index (κ2) is 7.65. The van der Waals surface area contributed by atoms with Crippen LogP contribution in [0.3, 0.4) is 0 Å². The molecule has 1 aromatic carbocycles. The van der Waals surface area contributed by atoms with E-state index in [2.05, 4.69) is 10.3 Å². The number of nitrogens with zero attached hydrogens (tertiary/aromatic N) is 1. The van der Waals surface area contributed by atoms with Crippen molar-refractivity contribution in [3.8, 4) is 0 Å². The van der Waals surface area contributed by atoms with Crippen LogP contribution in [0.4, 0.5) is 0 Å². The van der Waals surface area contributed by atoms with Crippen molar-refractivity contribution < 1.29 is 14.3 Å². The number of fused-ring (bicyclic) bond motifs is 1. The average molecular weight is 422 g/mol. The van der Waals surface area contributed by atoms with E-state index in [4.69, 9.17) is 4.74 Å². The maximum Gasteiger partial charge on any atom is 0.278 e. The zero-order chi connectivity index (χ0) is 20.7. The van der Waals surface area contributed by atoms with Gasteiger partial charge in [0.15, 0.2) is 4.87 Å². The fraction of sp³-hybridized carbons (Fsp3) is 0.500. The van der Waals surface area contributed by atoms with Crippen molar-refractivity contribution in [1.82, 2.24) is 15.2 Å². The van der Waals surface area contributed by atoms with Gasteiger partial charge in [0.1, 0.15) is 0 Å². The Morgan fingerprint density at radius 3 is 2.43 bits per heavy atom.